The van der Waals surface area contributed by atoms with Gasteiger partial charge in [-0.1, -0.05) is 24.4 Å². The summed E-state index contributed by atoms with van der Waals surface area (Å²) in [5, 5.41) is 25.1. The zero-order valence-electron chi connectivity index (χ0n) is 14.3. The molecular weight excluding hydrogens is 437 g/mol. The second kappa shape index (κ2) is 8.83. The summed E-state index contributed by atoms with van der Waals surface area (Å²) in [4.78, 5) is 8.16. The standard InChI is InChI=1S/C18H18BrClFN5O/c19-16-11(9-27)5-12(6-13(16)20)24-18-23-8-14(21)17(26-18)25-15-4-2-1-3-10(15)7-22/h5-6,8,10,15,27H,1-4,9H2,(H2,23,24,25,26)/t10?,15-/m0/s1. The predicted octanol–water partition coefficient (Wildman–Crippen LogP) is 4.76. The normalized spacial score (nSPS) is 19.4. The topological polar surface area (TPSA) is 93.9 Å². The Hall–Kier alpha value is -1.95. The lowest BCUT2D eigenvalue weighted by Gasteiger charge is -2.28. The number of aliphatic hydroxyl groups excluding tert-OH is 1. The molecule has 1 aromatic carbocycles. The van der Waals surface area contributed by atoms with Crippen LogP contribution in [0.3, 0.4) is 0 Å². The third-order valence-electron chi connectivity index (χ3n) is 4.53. The van der Waals surface area contributed by atoms with E-state index in [2.05, 4.69) is 42.6 Å². The van der Waals surface area contributed by atoms with Crippen LogP contribution in [-0.2, 0) is 6.61 Å². The number of rotatable bonds is 5. The van der Waals surface area contributed by atoms with Gasteiger partial charge in [0.05, 0.1) is 29.8 Å². The fourth-order valence-corrected chi connectivity index (χ4v) is 3.72. The fraction of sp³-hybridized carbons (Fsp3) is 0.389. The zero-order valence-corrected chi connectivity index (χ0v) is 16.7. The van der Waals surface area contributed by atoms with Crippen molar-refractivity contribution in [2.24, 2.45) is 5.92 Å². The Balaban J connectivity index is 1.81. The van der Waals surface area contributed by atoms with Gasteiger partial charge in [-0.05, 0) is 46.5 Å². The molecule has 1 aliphatic rings. The van der Waals surface area contributed by atoms with Gasteiger partial charge in [0.1, 0.15) is 0 Å². The number of anilines is 3. The summed E-state index contributed by atoms with van der Waals surface area (Å²) in [5.74, 6) is -0.495. The highest BCUT2D eigenvalue weighted by Crippen LogP contribution is 2.32. The Morgan fingerprint density at radius 1 is 1.37 bits per heavy atom. The quantitative estimate of drug-likeness (QED) is 0.603. The number of hydrogen-bond acceptors (Lipinski definition) is 6. The van der Waals surface area contributed by atoms with Gasteiger partial charge in [-0.15, -0.1) is 0 Å². The molecule has 1 unspecified atom stereocenters. The monoisotopic (exact) mass is 453 g/mol. The van der Waals surface area contributed by atoms with Crippen molar-refractivity contribution in [3.63, 3.8) is 0 Å². The number of aromatic nitrogens is 2. The fourth-order valence-electron chi connectivity index (χ4n) is 3.12. The third-order valence-corrected chi connectivity index (χ3v) is 5.99. The molecule has 27 heavy (non-hydrogen) atoms. The van der Waals surface area contributed by atoms with Crippen molar-refractivity contribution >= 4 is 45.0 Å². The maximum Gasteiger partial charge on any atom is 0.229 e. The molecule has 0 saturated heterocycles. The maximum absolute atomic E-state index is 14.2. The summed E-state index contributed by atoms with van der Waals surface area (Å²) >= 11 is 9.45. The molecule has 1 fully saturated rings. The van der Waals surface area contributed by atoms with Crippen molar-refractivity contribution in [1.29, 1.82) is 5.26 Å². The van der Waals surface area contributed by atoms with Gasteiger partial charge >= 0.3 is 0 Å². The SMILES string of the molecule is N#CC1CCCC[C@@H]1Nc1nc(Nc2cc(Cl)c(Br)c(CO)c2)ncc1F. The molecular formula is C18H18BrClFN5O. The first-order valence-electron chi connectivity index (χ1n) is 8.56. The smallest absolute Gasteiger partial charge is 0.229 e. The first-order valence-corrected chi connectivity index (χ1v) is 9.73. The van der Waals surface area contributed by atoms with Gasteiger partial charge in [0.25, 0.3) is 0 Å². The second-order valence-electron chi connectivity index (χ2n) is 6.38. The average Bonchev–Trinajstić information content (AvgIpc) is 2.67. The van der Waals surface area contributed by atoms with E-state index < -0.39 is 5.82 Å². The molecule has 0 radical (unpaired) electrons. The van der Waals surface area contributed by atoms with E-state index in [9.17, 15) is 14.8 Å². The molecule has 1 aromatic heterocycles. The highest BCUT2D eigenvalue weighted by Gasteiger charge is 2.26. The van der Waals surface area contributed by atoms with Gasteiger partial charge in [0, 0.05) is 16.2 Å². The van der Waals surface area contributed by atoms with E-state index in [0.29, 0.717) is 20.7 Å². The number of nitrogens with zero attached hydrogens (tertiary/aromatic N) is 3. The minimum atomic E-state index is -0.576. The molecule has 0 spiro atoms. The van der Waals surface area contributed by atoms with Crippen LogP contribution in [-0.4, -0.2) is 21.1 Å². The summed E-state index contributed by atoms with van der Waals surface area (Å²) in [6, 6.07) is 5.50. The predicted molar refractivity (Wildman–Crippen MR) is 105 cm³/mol. The summed E-state index contributed by atoms with van der Waals surface area (Å²) in [6.07, 6.45) is 4.68. The van der Waals surface area contributed by atoms with E-state index in [1.165, 1.54) is 0 Å². The molecule has 0 aliphatic heterocycles. The van der Waals surface area contributed by atoms with Crippen molar-refractivity contribution in [3.05, 3.63) is 39.2 Å². The molecule has 1 saturated carbocycles. The summed E-state index contributed by atoms with van der Waals surface area (Å²) in [6.45, 7) is -0.190. The van der Waals surface area contributed by atoms with Crippen LogP contribution in [0, 0.1) is 23.1 Å². The van der Waals surface area contributed by atoms with E-state index in [0.717, 1.165) is 31.9 Å². The highest BCUT2D eigenvalue weighted by atomic mass is 79.9. The summed E-state index contributed by atoms with van der Waals surface area (Å²) in [5.41, 5.74) is 1.17. The molecule has 0 bridgehead atoms. The lowest BCUT2D eigenvalue weighted by Crippen LogP contribution is -2.32. The van der Waals surface area contributed by atoms with Gasteiger partial charge in [0.2, 0.25) is 5.95 Å². The molecule has 6 nitrogen and oxygen atoms in total. The number of nitriles is 1. The Kier molecular flexibility index (Phi) is 6.47. The van der Waals surface area contributed by atoms with Gasteiger partial charge in [-0.2, -0.15) is 10.2 Å². The van der Waals surface area contributed by atoms with Crippen LogP contribution in [0.2, 0.25) is 5.02 Å². The Morgan fingerprint density at radius 3 is 2.89 bits per heavy atom. The van der Waals surface area contributed by atoms with Crippen LogP contribution < -0.4 is 10.6 Å². The minimum Gasteiger partial charge on any atom is -0.392 e. The average molecular weight is 455 g/mol. The molecule has 2 atom stereocenters. The number of aliphatic hydroxyl groups is 1. The van der Waals surface area contributed by atoms with Crippen molar-refractivity contribution < 1.29 is 9.50 Å². The molecule has 2 aromatic rings. The first kappa shape index (κ1) is 19.8. The van der Waals surface area contributed by atoms with Crippen molar-refractivity contribution in [2.75, 3.05) is 10.6 Å². The van der Waals surface area contributed by atoms with Crippen LogP contribution in [0.25, 0.3) is 0 Å². The minimum absolute atomic E-state index is 0.0604. The van der Waals surface area contributed by atoms with E-state index >= 15 is 0 Å². The van der Waals surface area contributed by atoms with Gasteiger partial charge < -0.3 is 15.7 Å². The maximum atomic E-state index is 14.2. The van der Waals surface area contributed by atoms with Gasteiger partial charge in [-0.3, -0.25) is 0 Å². The lowest BCUT2D eigenvalue weighted by molar-refractivity contribution is 0.281. The van der Waals surface area contributed by atoms with Crippen LogP contribution >= 0.6 is 27.5 Å². The van der Waals surface area contributed by atoms with Crippen LogP contribution in [0.4, 0.5) is 21.8 Å². The second-order valence-corrected chi connectivity index (χ2v) is 7.58. The Labute approximate surface area is 169 Å². The third kappa shape index (κ3) is 4.67. The largest absolute Gasteiger partial charge is 0.392 e. The molecule has 3 N–H and O–H groups in total. The molecule has 142 valence electrons. The number of halogens is 3. The van der Waals surface area contributed by atoms with Crippen LogP contribution in [0.1, 0.15) is 31.2 Å². The first-order chi connectivity index (χ1) is 13.0. The van der Waals surface area contributed by atoms with E-state index in [-0.39, 0.29) is 30.3 Å². The molecule has 1 heterocycles. The van der Waals surface area contributed by atoms with Crippen LogP contribution in [0.15, 0.2) is 22.8 Å². The van der Waals surface area contributed by atoms with E-state index in [1.807, 2.05) is 0 Å². The summed E-state index contributed by atoms with van der Waals surface area (Å²) < 4.78 is 14.8. The molecule has 0 amide bonds. The number of hydrogen-bond donors (Lipinski definition) is 3. The number of benzene rings is 1. The van der Waals surface area contributed by atoms with Crippen molar-refractivity contribution in [1.82, 2.24) is 9.97 Å². The van der Waals surface area contributed by atoms with Crippen molar-refractivity contribution in [3.8, 4) is 6.07 Å². The molecule has 9 heteroatoms. The summed E-state index contributed by atoms with van der Waals surface area (Å²) in [7, 11) is 0. The lowest BCUT2D eigenvalue weighted by atomic mass is 9.85. The van der Waals surface area contributed by atoms with E-state index in [1.54, 1.807) is 12.1 Å². The van der Waals surface area contributed by atoms with Crippen LogP contribution in [0.5, 0.6) is 0 Å². The highest BCUT2D eigenvalue weighted by molar-refractivity contribution is 9.10. The van der Waals surface area contributed by atoms with E-state index in [4.69, 9.17) is 11.6 Å². The Morgan fingerprint density at radius 2 is 2.15 bits per heavy atom. The van der Waals surface area contributed by atoms with Gasteiger partial charge in [0.15, 0.2) is 11.6 Å². The van der Waals surface area contributed by atoms with Crippen molar-refractivity contribution in [2.45, 2.75) is 38.3 Å². The zero-order chi connectivity index (χ0) is 19.4. The molecule has 3 rings (SSSR count). The molecule has 1 aliphatic carbocycles. The Bertz CT molecular complexity index is 876. The van der Waals surface area contributed by atoms with Gasteiger partial charge in [-0.25, -0.2) is 9.37 Å². The number of nitrogens with one attached hydrogen (secondary N) is 2.